The zero-order chi connectivity index (χ0) is 41.5. The molecular formula is C37H39N5O16. The summed E-state index contributed by atoms with van der Waals surface area (Å²) in [6, 6.07) is 3.74. The van der Waals surface area contributed by atoms with Crippen LogP contribution in [-0.2, 0) is 43.8 Å². The molecule has 0 spiro atoms. The molecule has 58 heavy (non-hydrogen) atoms. The Morgan fingerprint density at radius 3 is 2.53 bits per heavy atom. The molecule has 21 nitrogen and oxygen atoms in total. The first kappa shape index (κ1) is 39.3. The molecule has 2 aliphatic carbocycles. The Labute approximate surface area is 328 Å². The molecule has 4 heterocycles. The van der Waals surface area contributed by atoms with Gasteiger partial charge in [0.25, 0.3) is 0 Å². The van der Waals surface area contributed by atoms with Crippen molar-refractivity contribution in [1.29, 1.82) is 0 Å². The molecule has 3 fully saturated rings. The van der Waals surface area contributed by atoms with Gasteiger partial charge in [-0.3, -0.25) is 14.4 Å². The van der Waals surface area contributed by atoms with Crippen molar-refractivity contribution in [2.24, 2.45) is 7.05 Å². The number of aromatic nitrogens is 2. The summed E-state index contributed by atoms with van der Waals surface area (Å²) < 4.78 is 30.7. The van der Waals surface area contributed by atoms with Crippen LogP contribution in [0.25, 0.3) is 0 Å². The molecule has 3 saturated heterocycles. The van der Waals surface area contributed by atoms with Crippen molar-refractivity contribution >= 4 is 29.4 Å². The summed E-state index contributed by atoms with van der Waals surface area (Å²) in [4.78, 5) is 71.0. The number of phenolic OH excluding ortho intramolecular Hbond substituents is 2. The normalized spacial score (nSPS) is 28.9. The average molecular weight is 810 g/mol. The number of ketones is 3. The van der Waals surface area contributed by atoms with E-state index in [9.17, 15) is 54.8 Å². The minimum absolute atomic E-state index is 0.0180. The molecule has 3 aromatic rings. The number of piperazine rings is 1. The number of fused-ring (bicyclic) bond motifs is 6. The molecule has 1 aromatic heterocycles. The first-order valence-corrected chi connectivity index (χ1v) is 18.3. The Hall–Kier alpha value is -5.55. The Bertz CT molecular complexity index is 2260. The van der Waals surface area contributed by atoms with Gasteiger partial charge in [0.05, 0.1) is 56.1 Å². The van der Waals surface area contributed by atoms with Crippen LogP contribution in [0.4, 0.5) is 10.7 Å². The molecule has 8 atom stereocenters. The van der Waals surface area contributed by atoms with Crippen LogP contribution in [-0.4, -0.2) is 143 Å². The molecule has 0 saturated carbocycles. The van der Waals surface area contributed by atoms with Crippen LogP contribution in [0, 0.1) is 10.1 Å². The van der Waals surface area contributed by atoms with E-state index in [1.165, 1.54) is 48.0 Å². The highest BCUT2D eigenvalue weighted by Gasteiger charge is 2.56. The molecule has 1 amide bonds. The molecule has 308 valence electrons. The third-order valence-electron chi connectivity index (χ3n) is 11.7. The van der Waals surface area contributed by atoms with E-state index in [4.69, 9.17) is 23.7 Å². The van der Waals surface area contributed by atoms with Gasteiger partial charge in [0.15, 0.2) is 30.2 Å². The molecular weight excluding hydrogens is 770 g/mol. The first-order valence-electron chi connectivity index (χ1n) is 18.3. The van der Waals surface area contributed by atoms with E-state index in [1.54, 1.807) is 11.8 Å². The molecule has 8 unspecified atom stereocenters. The van der Waals surface area contributed by atoms with E-state index in [0.717, 1.165) is 0 Å². The quantitative estimate of drug-likeness (QED) is 0.0910. The number of ether oxygens (including phenoxy) is 5. The number of phenols is 2. The minimum atomic E-state index is -2.34. The summed E-state index contributed by atoms with van der Waals surface area (Å²) in [5.41, 5.74) is -3.75. The van der Waals surface area contributed by atoms with Crippen LogP contribution < -0.4 is 4.74 Å². The third kappa shape index (κ3) is 6.08. The number of aliphatic hydroxyl groups excluding tert-OH is 2. The SMILES string of the molecule is COc1cccc2c1C(=O)c1c(O)c3c(c(O)c1C2=O)CC(O)(C(=O)CO)CC3OC1CC2C(OC3CN(C(=O)OCc4cnc([N+](=O)[O-])n4C)CC(O)N32)C(C)O1. The molecule has 5 aliphatic rings. The molecule has 5 N–H and O–H groups in total. The number of rotatable bonds is 8. The number of aromatic hydroxyl groups is 2. The van der Waals surface area contributed by atoms with Crippen molar-refractivity contribution in [3.63, 3.8) is 0 Å². The summed E-state index contributed by atoms with van der Waals surface area (Å²) >= 11 is 0. The summed E-state index contributed by atoms with van der Waals surface area (Å²) in [6.07, 6.45) is -6.82. The standard InChI is InChI=1S/C37H39N5O16/c1-15-34-19(41-23(45)11-40(12-24(41)58-34)36(50)55-14-16-10-38-35(39(16)2)42(52)53)7-25(56-15)57-21-9-37(51,22(44)13-43)8-18-27(21)33(49)29-28(31(18)47)30(46)17-5-4-6-20(54-3)26(17)32(29)48/h4-6,10,15,19,21,23-25,34,43,45,47,49,51H,7-9,11-14H2,1-3H3. The zero-order valence-electron chi connectivity index (χ0n) is 31.3. The van der Waals surface area contributed by atoms with E-state index in [0.29, 0.717) is 0 Å². The van der Waals surface area contributed by atoms with Gasteiger partial charge < -0.3 is 64.2 Å². The van der Waals surface area contributed by atoms with Crippen molar-refractivity contribution in [2.45, 2.75) is 81.5 Å². The second kappa shape index (κ2) is 14.4. The van der Waals surface area contributed by atoms with Gasteiger partial charge >= 0.3 is 12.0 Å². The summed E-state index contributed by atoms with van der Waals surface area (Å²) in [6.45, 7) is 0.0613. The molecule has 0 bridgehead atoms. The number of nitro groups is 1. The highest BCUT2D eigenvalue weighted by atomic mass is 16.7. The maximum Gasteiger partial charge on any atom is 0.434 e. The van der Waals surface area contributed by atoms with Gasteiger partial charge in [-0.05, 0) is 17.9 Å². The van der Waals surface area contributed by atoms with E-state index < -0.39 is 125 Å². The second-order valence-corrected chi connectivity index (χ2v) is 14.9. The van der Waals surface area contributed by atoms with E-state index in [-0.39, 0.29) is 59.8 Å². The van der Waals surface area contributed by atoms with Gasteiger partial charge in [-0.1, -0.05) is 17.1 Å². The van der Waals surface area contributed by atoms with E-state index in [1.807, 2.05) is 0 Å². The summed E-state index contributed by atoms with van der Waals surface area (Å²) in [5.74, 6) is -4.48. The molecule has 21 heteroatoms. The van der Waals surface area contributed by atoms with Crippen LogP contribution in [0.2, 0.25) is 0 Å². The fourth-order valence-electron chi connectivity index (χ4n) is 8.86. The van der Waals surface area contributed by atoms with Crippen molar-refractivity contribution in [3.8, 4) is 17.2 Å². The van der Waals surface area contributed by atoms with Gasteiger partial charge in [0.1, 0.15) is 54.2 Å². The van der Waals surface area contributed by atoms with E-state index >= 15 is 0 Å². The van der Waals surface area contributed by atoms with Crippen LogP contribution in [0.3, 0.4) is 0 Å². The fraction of sp³-hybridized carbons (Fsp3) is 0.486. The Morgan fingerprint density at radius 1 is 1.10 bits per heavy atom. The Kier molecular flexibility index (Phi) is 9.74. The van der Waals surface area contributed by atoms with E-state index in [2.05, 4.69) is 4.98 Å². The number of Topliss-reactive ketones (excluding diaryl/α,β-unsaturated/α-hetero) is 1. The Balaban J connectivity index is 1.05. The first-order chi connectivity index (χ1) is 27.6. The monoisotopic (exact) mass is 809 g/mol. The predicted octanol–water partition coefficient (Wildman–Crippen LogP) is 0.321. The molecule has 3 aliphatic heterocycles. The van der Waals surface area contributed by atoms with Gasteiger partial charge in [-0.25, -0.2) is 14.3 Å². The lowest BCUT2D eigenvalue weighted by atomic mass is 9.72. The van der Waals surface area contributed by atoms with Crippen LogP contribution >= 0.6 is 0 Å². The van der Waals surface area contributed by atoms with Crippen molar-refractivity contribution < 1.29 is 73.3 Å². The number of imidazole rings is 1. The smallest absolute Gasteiger partial charge is 0.434 e. The van der Waals surface area contributed by atoms with Crippen LogP contribution in [0.1, 0.15) is 74.5 Å². The maximum atomic E-state index is 14.0. The lowest BCUT2D eigenvalue weighted by Gasteiger charge is -2.45. The number of methoxy groups -OCH3 is 1. The highest BCUT2D eigenvalue weighted by Crippen LogP contribution is 2.53. The number of aliphatic hydroxyl groups is 3. The van der Waals surface area contributed by atoms with Crippen molar-refractivity contribution in [1.82, 2.24) is 19.4 Å². The highest BCUT2D eigenvalue weighted by molar-refractivity contribution is 6.31. The van der Waals surface area contributed by atoms with Gasteiger partial charge in [-0.15, -0.1) is 0 Å². The second-order valence-electron chi connectivity index (χ2n) is 14.9. The fourth-order valence-corrected chi connectivity index (χ4v) is 8.86. The molecule has 2 aromatic carbocycles. The van der Waals surface area contributed by atoms with Crippen LogP contribution in [0.15, 0.2) is 24.4 Å². The minimum Gasteiger partial charge on any atom is -0.507 e. The van der Waals surface area contributed by atoms with Gasteiger partial charge in [0, 0.05) is 42.0 Å². The van der Waals surface area contributed by atoms with Crippen LogP contribution in [0.5, 0.6) is 17.2 Å². The lowest BCUT2D eigenvalue weighted by Crippen LogP contribution is -2.61. The Morgan fingerprint density at radius 2 is 1.84 bits per heavy atom. The lowest BCUT2D eigenvalue weighted by molar-refractivity contribution is -0.396. The number of β-amino-alcohol motifs (C(OH)–C–C–N with tert-alkyl or cyclic N) is 1. The maximum absolute atomic E-state index is 14.0. The number of hydrogen-bond acceptors (Lipinski definition) is 18. The number of nitrogens with zero attached hydrogens (tertiary/aromatic N) is 5. The number of hydrogen-bond donors (Lipinski definition) is 5. The topological polar surface area (TPSA) is 283 Å². The van der Waals surface area contributed by atoms with Crippen molar-refractivity contribution in [2.75, 3.05) is 26.8 Å². The average Bonchev–Trinajstić information content (AvgIpc) is 3.76. The van der Waals surface area contributed by atoms with Gasteiger partial charge in [-0.2, -0.15) is 0 Å². The largest absolute Gasteiger partial charge is 0.507 e. The summed E-state index contributed by atoms with van der Waals surface area (Å²) in [5, 5.41) is 67.4. The number of benzene rings is 2. The number of carbonyl (C=O) groups excluding carboxylic acids is 4. The zero-order valence-corrected chi connectivity index (χ0v) is 31.3. The van der Waals surface area contributed by atoms with Crippen molar-refractivity contribution in [3.05, 3.63) is 73.6 Å². The van der Waals surface area contributed by atoms with Gasteiger partial charge in [0.2, 0.25) is 5.78 Å². The molecule has 8 rings (SSSR count). The predicted molar refractivity (Wildman–Crippen MR) is 190 cm³/mol. The molecule has 0 radical (unpaired) electrons. The third-order valence-corrected chi connectivity index (χ3v) is 11.7. The summed E-state index contributed by atoms with van der Waals surface area (Å²) in [7, 11) is 2.71. The number of amides is 1. The number of carbonyl (C=O) groups is 4.